The van der Waals surface area contributed by atoms with E-state index in [1.165, 1.54) is 16.3 Å². The molecule has 0 radical (unpaired) electrons. The third-order valence-corrected chi connectivity index (χ3v) is 4.87. The van der Waals surface area contributed by atoms with E-state index in [1.807, 2.05) is 23.1 Å². The number of aromatic nitrogens is 5. The van der Waals surface area contributed by atoms with E-state index < -0.39 is 0 Å². The lowest BCUT2D eigenvalue weighted by Crippen LogP contribution is -2.13. The molecule has 0 aliphatic rings. The summed E-state index contributed by atoms with van der Waals surface area (Å²) < 4.78 is 2.04. The van der Waals surface area contributed by atoms with Gasteiger partial charge in [0.05, 0.1) is 17.9 Å². The summed E-state index contributed by atoms with van der Waals surface area (Å²) in [5, 5.41) is 6.91. The molecule has 7 heteroatoms. The van der Waals surface area contributed by atoms with Crippen LogP contribution in [0.1, 0.15) is 24.9 Å². The summed E-state index contributed by atoms with van der Waals surface area (Å²) in [6.45, 7) is 2.09. The van der Waals surface area contributed by atoms with Crippen molar-refractivity contribution in [2.75, 3.05) is 0 Å². The van der Waals surface area contributed by atoms with Gasteiger partial charge in [-0.05, 0) is 25.0 Å². The number of nitrogens with one attached hydrogen (secondary N) is 1. The van der Waals surface area contributed by atoms with E-state index in [2.05, 4.69) is 80.6 Å². The highest BCUT2D eigenvalue weighted by Gasteiger charge is 2.16. The molecule has 2 atom stereocenters. The molecule has 27 heavy (non-hydrogen) atoms. The molecule has 0 aliphatic carbocycles. The summed E-state index contributed by atoms with van der Waals surface area (Å²) in [4.78, 5) is 11.9. The molecular formula is C20H21BN5P. The molecule has 0 saturated carbocycles. The van der Waals surface area contributed by atoms with E-state index in [0.29, 0.717) is 0 Å². The van der Waals surface area contributed by atoms with Gasteiger partial charge in [-0.3, -0.25) is 4.68 Å². The Morgan fingerprint density at radius 3 is 3.04 bits per heavy atom. The monoisotopic (exact) mass is 373 g/mol. The summed E-state index contributed by atoms with van der Waals surface area (Å²) >= 11 is 0. The predicted molar refractivity (Wildman–Crippen MR) is 116 cm³/mol. The first kappa shape index (κ1) is 17.7. The third-order valence-electron chi connectivity index (χ3n) is 4.64. The van der Waals surface area contributed by atoms with Crippen molar-refractivity contribution in [3.63, 3.8) is 0 Å². The van der Waals surface area contributed by atoms with Gasteiger partial charge in [0.15, 0.2) is 0 Å². The van der Waals surface area contributed by atoms with Gasteiger partial charge < -0.3 is 4.98 Å². The minimum absolute atomic E-state index is 0.137. The molecule has 4 rings (SSSR count). The Balaban J connectivity index is 1.75. The highest BCUT2D eigenvalue weighted by Crippen LogP contribution is 2.28. The van der Waals surface area contributed by atoms with E-state index in [0.717, 1.165) is 28.7 Å². The second-order valence-corrected chi connectivity index (χ2v) is 7.70. The van der Waals surface area contributed by atoms with Crippen molar-refractivity contribution in [1.82, 2.24) is 24.7 Å². The van der Waals surface area contributed by atoms with Crippen molar-refractivity contribution in [3.05, 3.63) is 72.2 Å². The average Bonchev–Trinajstić information content (AvgIpc) is 3.31. The van der Waals surface area contributed by atoms with Crippen LogP contribution in [0.2, 0.25) is 0 Å². The van der Waals surface area contributed by atoms with Crippen LogP contribution in [0.3, 0.4) is 0 Å². The van der Waals surface area contributed by atoms with E-state index in [9.17, 15) is 0 Å². The van der Waals surface area contributed by atoms with Crippen molar-refractivity contribution in [3.8, 4) is 11.3 Å². The number of nitrogens with zero attached hydrogens (tertiary/aromatic N) is 4. The summed E-state index contributed by atoms with van der Waals surface area (Å²) in [5.74, 6) is 0. The molecule has 2 unspecified atom stereocenters. The molecule has 0 aliphatic heterocycles. The van der Waals surface area contributed by atoms with Gasteiger partial charge in [0, 0.05) is 23.3 Å². The molecule has 1 N–H and O–H groups in total. The lowest BCUT2D eigenvalue weighted by Gasteiger charge is -2.17. The average molecular weight is 373 g/mol. The highest BCUT2D eigenvalue weighted by molar-refractivity contribution is 7.22. The second kappa shape index (κ2) is 7.49. The Bertz CT molecular complexity index is 1110. The zero-order valence-corrected chi connectivity index (χ0v) is 16.6. The smallest absolute Gasteiger partial charge is 0.141 e. The number of hydrogen-bond donors (Lipinski definition) is 1. The van der Waals surface area contributed by atoms with Gasteiger partial charge in [-0.15, -0.1) is 9.24 Å². The standard InChI is InChI=1S/C20H21BN5P/c1-13(27)5-6-18(14-3-2-4-16(21)9-14)26-11-15(10-25-26)19-17-7-8-22-20(17)24-12-23-19/h2-5,7-12,18H,6,21,27H2,1H3,(H,22,23,24)/b13-5-. The van der Waals surface area contributed by atoms with Crippen molar-refractivity contribution < 1.29 is 0 Å². The molecular weight excluding hydrogens is 352 g/mol. The van der Waals surface area contributed by atoms with Crippen LogP contribution in [-0.4, -0.2) is 32.6 Å². The fourth-order valence-corrected chi connectivity index (χ4v) is 3.44. The Hall–Kier alpha value is -2.72. The fraction of sp³-hybridized carbons (Fsp3) is 0.150. The lowest BCUT2D eigenvalue weighted by molar-refractivity contribution is 0.528. The van der Waals surface area contributed by atoms with Gasteiger partial charge in [-0.1, -0.05) is 41.1 Å². The van der Waals surface area contributed by atoms with Crippen LogP contribution < -0.4 is 5.46 Å². The number of H-pyrrole nitrogens is 1. The molecule has 0 fully saturated rings. The van der Waals surface area contributed by atoms with Crippen LogP contribution in [0.25, 0.3) is 22.3 Å². The minimum atomic E-state index is 0.137. The third kappa shape index (κ3) is 3.72. The summed E-state index contributed by atoms with van der Waals surface area (Å²) in [5.41, 5.74) is 5.23. The highest BCUT2D eigenvalue weighted by atomic mass is 31.0. The SMILES string of the molecule is Bc1cccc(C(C/C=C(/C)P)n2cc(-c3ncnc4[nH]ccc34)cn2)c1. The molecule has 0 bridgehead atoms. The number of benzene rings is 1. The van der Waals surface area contributed by atoms with Gasteiger partial charge in [0.2, 0.25) is 0 Å². The van der Waals surface area contributed by atoms with Crippen LogP contribution in [0.5, 0.6) is 0 Å². The minimum Gasteiger partial charge on any atom is -0.346 e. The number of hydrogen-bond acceptors (Lipinski definition) is 3. The van der Waals surface area contributed by atoms with Gasteiger partial charge in [0.1, 0.15) is 19.8 Å². The number of allylic oxidation sites excluding steroid dienone is 2. The van der Waals surface area contributed by atoms with Crippen molar-refractivity contribution >= 4 is 33.6 Å². The molecule has 5 nitrogen and oxygen atoms in total. The predicted octanol–water partition coefficient (Wildman–Crippen LogP) is 2.84. The molecule has 1 aromatic carbocycles. The molecule has 4 aromatic rings. The van der Waals surface area contributed by atoms with Crippen LogP contribution in [-0.2, 0) is 0 Å². The topological polar surface area (TPSA) is 59.4 Å². The van der Waals surface area contributed by atoms with Crippen molar-refractivity contribution in [1.29, 1.82) is 0 Å². The first-order valence-corrected chi connectivity index (χ1v) is 9.51. The van der Waals surface area contributed by atoms with Crippen LogP contribution >= 0.6 is 9.24 Å². The molecule has 0 spiro atoms. The molecule has 134 valence electrons. The van der Waals surface area contributed by atoms with Gasteiger partial charge in [-0.25, -0.2) is 9.97 Å². The van der Waals surface area contributed by atoms with Crippen molar-refractivity contribution in [2.24, 2.45) is 0 Å². The summed E-state index contributed by atoms with van der Waals surface area (Å²) in [7, 11) is 4.88. The van der Waals surface area contributed by atoms with Gasteiger partial charge in [-0.2, -0.15) is 5.10 Å². The van der Waals surface area contributed by atoms with Crippen LogP contribution in [0.15, 0.2) is 66.6 Å². The Morgan fingerprint density at radius 1 is 1.33 bits per heavy atom. The maximum absolute atomic E-state index is 4.68. The Kier molecular flexibility index (Phi) is 4.91. The summed E-state index contributed by atoms with van der Waals surface area (Å²) in [6, 6.07) is 10.8. The maximum Gasteiger partial charge on any atom is 0.141 e. The maximum atomic E-state index is 4.68. The largest absolute Gasteiger partial charge is 0.346 e. The number of rotatable bonds is 5. The molecule has 3 heterocycles. The Morgan fingerprint density at radius 2 is 2.22 bits per heavy atom. The first-order chi connectivity index (χ1) is 13.1. The number of aromatic amines is 1. The van der Waals surface area contributed by atoms with Crippen LogP contribution in [0.4, 0.5) is 0 Å². The summed E-state index contributed by atoms with van der Waals surface area (Å²) in [6.07, 6.45) is 10.5. The van der Waals surface area contributed by atoms with Gasteiger partial charge >= 0.3 is 0 Å². The zero-order valence-electron chi connectivity index (χ0n) is 15.4. The van der Waals surface area contributed by atoms with Crippen molar-refractivity contribution in [2.45, 2.75) is 19.4 Å². The quantitative estimate of drug-likeness (QED) is 0.432. The van der Waals surface area contributed by atoms with Gasteiger partial charge in [0.25, 0.3) is 0 Å². The van der Waals surface area contributed by atoms with E-state index >= 15 is 0 Å². The normalized spacial score (nSPS) is 13.2. The molecule has 0 saturated heterocycles. The fourth-order valence-electron chi connectivity index (χ4n) is 3.30. The Labute approximate surface area is 161 Å². The van der Waals surface area contributed by atoms with E-state index in [4.69, 9.17) is 0 Å². The first-order valence-electron chi connectivity index (χ1n) is 8.93. The molecule has 3 aromatic heterocycles. The van der Waals surface area contributed by atoms with E-state index in [-0.39, 0.29) is 6.04 Å². The zero-order chi connectivity index (χ0) is 18.8. The van der Waals surface area contributed by atoms with Crippen LogP contribution in [0, 0.1) is 0 Å². The lowest BCUT2D eigenvalue weighted by atomic mass is 9.91. The number of fused-ring (bicyclic) bond motifs is 1. The molecule has 0 amide bonds. The second-order valence-electron chi connectivity index (χ2n) is 6.79. The van der Waals surface area contributed by atoms with E-state index in [1.54, 1.807) is 6.33 Å².